The van der Waals surface area contributed by atoms with Crippen molar-refractivity contribution in [3.05, 3.63) is 29.8 Å². The Morgan fingerprint density at radius 3 is 2.38 bits per heavy atom. The van der Waals surface area contributed by atoms with Crippen molar-refractivity contribution in [2.75, 3.05) is 6.54 Å². The summed E-state index contributed by atoms with van der Waals surface area (Å²) in [6, 6.07) is 6.22. The van der Waals surface area contributed by atoms with Crippen molar-refractivity contribution < 1.29 is 17.9 Å². The lowest BCUT2D eigenvalue weighted by atomic mass is 9.78. The van der Waals surface area contributed by atoms with E-state index >= 15 is 0 Å². The maximum Gasteiger partial charge on any atom is 0.573 e. The summed E-state index contributed by atoms with van der Waals surface area (Å²) < 4.78 is 41.0. The molecule has 0 saturated carbocycles. The molecule has 1 rings (SSSR count). The average molecular weight is 303 g/mol. The van der Waals surface area contributed by atoms with E-state index in [0.717, 1.165) is 24.9 Å². The molecule has 0 aromatic heterocycles. The van der Waals surface area contributed by atoms with Gasteiger partial charge in [-0.05, 0) is 42.5 Å². The molecule has 1 unspecified atom stereocenters. The lowest BCUT2D eigenvalue weighted by Gasteiger charge is -2.35. The van der Waals surface area contributed by atoms with Gasteiger partial charge in [-0.25, -0.2) is 0 Å². The first-order valence-corrected chi connectivity index (χ1v) is 7.28. The molecule has 0 radical (unpaired) electrons. The Balaban J connectivity index is 3.04. The Bertz CT molecular complexity index is 443. The molecule has 0 heterocycles. The van der Waals surface area contributed by atoms with Crippen molar-refractivity contribution in [1.29, 1.82) is 0 Å². The topological polar surface area (TPSA) is 21.3 Å². The molecule has 21 heavy (non-hydrogen) atoms. The summed E-state index contributed by atoms with van der Waals surface area (Å²) >= 11 is 0. The van der Waals surface area contributed by atoms with Gasteiger partial charge in [-0.2, -0.15) is 0 Å². The van der Waals surface area contributed by atoms with E-state index in [2.05, 4.69) is 37.7 Å². The third-order valence-electron chi connectivity index (χ3n) is 3.72. The highest BCUT2D eigenvalue weighted by molar-refractivity contribution is 5.31. The molecule has 1 aromatic rings. The molecule has 0 saturated heterocycles. The van der Waals surface area contributed by atoms with Crippen LogP contribution in [0.1, 0.15) is 52.1 Å². The first kappa shape index (κ1) is 17.8. The molecule has 1 N–H and O–H groups in total. The highest BCUT2D eigenvalue weighted by Gasteiger charge is 2.32. The molecule has 120 valence electrons. The summed E-state index contributed by atoms with van der Waals surface area (Å²) in [4.78, 5) is 0. The van der Waals surface area contributed by atoms with E-state index in [1.54, 1.807) is 6.07 Å². The third-order valence-corrected chi connectivity index (χ3v) is 3.72. The van der Waals surface area contributed by atoms with E-state index in [1.807, 2.05) is 6.07 Å². The van der Waals surface area contributed by atoms with Gasteiger partial charge in [0.25, 0.3) is 0 Å². The molecule has 1 atom stereocenters. The van der Waals surface area contributed by atoms with E-state index in [0.29, 0.717) is 0 Å². The maximum absolute atomic E-state index is 12.3. The van der Waals surface area contributed by atoms with Gasteiger partial charge in [-0.3, -0.25) is 0 Å². The van der Waals surface area contributed by atoms with Gasteiger partial charge in [-0.15, -0.1) is 13.2 Å². The van der Waals surface area contributed by atoms with Crippen molar-refractivity contribution >= 4 is 0 Å². The van der Waals surface area contributed by atoms with Crippen molar-refractivity contribution in [3.8, 4) is 5.75 Å². The van der Waals surface area contributed by atoms with Gasteiger partial charge in [-0.1, -0.05) is 39.8 Å². The van der Waals surface area contributed by atoms with Crippen LogP contribution < -0.4 is 10.1 Å². The highest BCUT2D eigenvalue weighted by Crippen LogP contribution is 2.37. The second-order valence-corrected chi connectivity index (χ2v) is 5.85. The molecule has 1 aromatic carbocycles. The van der Waals surface area contributed by atoms with Gasteiger partial charge < -0.3 is 10.1 Å². The quantitative estimate of drug-likeness (QED) is 0.760. The zero-order chi connectivity index (χ0) is 16.1. The van der Waals surface area contributed by atoms with Gasteiger partial charge in [0.2, 0.25) is 0 Å². The number of ether oxygens (including phenoxy) is 1. The summed E-state index contributed by atoms with van der Waals surface area (Å²) in [5.41, 5.74) is 0.753. The van der Waals surface area contributed by atoms with E-state index in [9.17, 15) is 13.2 Å². The Hall–Kier alpha value is -1.23. The summed E-state index contributed by atoms with van der Waals surface area (Å²) in [6.07, 6.45) is -2.78. The summed E-state index contributed by atoms with van der Waals surface area (Å²) in [7, 11) is 0. The van der Waals surface area contributed by atoms with Gasteiger partial charge in [0.15, 0.2) is 0 Å². The Labute approximate surface area is 124 Å². The predicted octanol–water partition coefficient (Wildman–Crippen LogP) is 5.06. The van der Waals surface area contributed by atoms with Crippen molar-refractivity contribution in [2.24, 2.45) is 5.41 Å². The van der Waals surface area contributed by atoms with E-state index < -0.39 is 6.36 Å². The van der Waals surface area contributed by atoms with Crippen LogP contribution in [-0.2, 0) is 0 Å². The normalized spacial score (nSPS) is 14.0. The first-order valence-electron chi connectivity index (χ1n) is 7.28. The molecule has 0 aliphatic rings. The highest BCUT2D eigenvalue weighted by atomic mass is 19.4. The van der Waals surface area contributed by atoms with Crippen LogP contribution in [0.5, 0.6) is 5.75 Å². The van der Waals surface area contributed by atoms with Crippen LogP contribution in [0, 0.1) is 5.41 Å². The van der Waals surface area contributed by atoms with Crippen LogP contribution in [0.15, 0.2) is 24.3 Å². The monoisotopic (exact) mass is 303 g/mol. The van der Waals surface area contributed by atoms with Crippen LogP contribution in [0.4, 0.5) is 13.2 Å². The summed E-state index contributed by atoms with van der Waals surface area (Å²) in [6.45, 7) is 9.18. The lowest BCUT2D eigenvalue weighted by molar-refractivity contribution is -0.274. The van der Waals surface area contributed by atoms with Crippen molar-refractivity contribution in [1.82, 2.24) is 5.32 Å². The van der Waals surface area contributed by atoms with E-state index in [-0.39, 0.29) is 17.2 Å². The maximum atomic E-state index is 12.3. The van der Waals surface area contributed by atoms with Gasteiger partial charge in [0.1, 0.15) is 5.75 Å². The fourth-order valence-corrected chi connectivity index (χ4v) is 2.23. The van der Waals surface area contributed by atoms with Crippen molar-refractivity contribution in [3.63, 3.8) is 0 Å². The second-order valence-electron chi connectivity index (χ2n) is 5.85. The minimum atomic E-state index is -4.66. The van der Waals surface area contributed by atoms with Gasteiger partial charge in [0, 0.05) is 6.04 Å². The van der Waals surface area contributed by atoms with Crippen LogP contribution in [-0.4, -0.2) is 12.9 Å². The molecular weight excluding hydrogens is 279 g/mol. The minimum absolute atomic E-state index is 0.0146. The fourth-order valence-electron chi connectivity index (χ4n) is 2.23. The molecule has 0 fully saturated rings. The summed E-state index contributed by atoms with van der Waals surface area (Å²) in [5, 5.41) is 3.43. The lowest BCUT2D eigenvalue weighted by Crippen LogP contribution is -2.34. The van der Waals surface area contributed by atoms with Crippen LogP contribution in [0.25, 0.3) is 0 Å². The molecule has 0 amide bonds. The third kappa shape index (κ3) is 5.58. The SMILES string of the molecule is CCCNC(c1cccc(OC(F)(F)F)c1)C(C)(C)CC. The smallest absolute Gasteiger partial charge is 0.406 e. The molecule has 2 nitrogen and oxygen atoms in total. The van der Waals surface area contributed by atoms with E-state index in [1.165, 1.54) is 12.1 Å². The van der Waals surface area contributed by atoms with E-state index in [4.69, 9.17) is 0 Å². The summed E-state index contributed by atoms with van der Waals surface area (Å²) in [5.74, 6) is -0.171. The van der Waals surface area contributed by atoms with Gasteiger partial charge in [0.05, 0.1) is 0 Å². The number of nitrogens with one attached hydrogen (secondary N) is 1. The zero-order valence-electron chi connectivity index (χ0n) is 13.1. The Kier molecular flexibility index (Phi) is 6.08. The number of hydrogen-bond donors (Lipinski definition) is 1. The number of alkyl halides is 3. The number of hydrogen-bond acceptors (Lipinski definition) is 2. The second kappa shape index (κ2) is 7.16. The van der Waals surface area contributed by atoms with Crippen LogP contribution >= 0.6 is 0 Å². The van der Waals surface area contributed by atoms with Crippen LogP contribution in [0.2, 0.25) is 0 Å². The fraction of sp³-hybridized carbons (Fsp3) is 0.625. The van der Waals surface area contributed by atoms with Gasteiger partial charge >= 0.3 is 6.36 Å². The average Bonchev–Trinajstić information content (AvgIpc) is 2.37. The molecule has 5 heteroatoms. The standard InChI is InChI=1S/C16H24F3NO/c1-5-10-20-14(15(3,4)6-2)12-8-7-9-13(11-12)21-16(17,18)19/h7-9,11,14,20H,5-6,10H2,1-4H3. The molecular formula is C16H24F3NO. The Morgan fingerprint density at radius 2 is 1.86 bits per heavy atom. The Morgan fingerprint density at radius 1 is 1.19 bits per heavy atom. The zero-order valence-corrected chi connectivity index (χ0v) is 13.1. The molecule has 0 aliphatic heterocycles. The number of rotatable bonds is 7. The minimum Gasteiger partial charge on any atom is -0.406 e. The number of halogens is 3. The molecule has 0 spiro atoms. The largest absolute Gasteiger partial charge is 0.573 e. The predicted molar refractivity (Wildman–Crippen MR) is 78.2 cm³/mol. The van der Waals surface area contributed by atoms with Crippen molar-refractivity contribution in [2.45, 2.75) is 52.9 Å². The first-order chi connectivity index (χ1) is 9.69. The molecule has 0 aliphatic carbocycles. The van der Waals surface area contributed by atoms with Crippen LogP contribution in [0.3, 0.4) is 0 Å². The number of benzene rings is 1. The molecule has 0 bridgehead atoms.